The molecule has 0 saturated carbocycles. The zero-order valence-electron chi connectivity index (χ0n) is 5.06. The number of aliphatic hydroxyl groups is 1. The number of nitrogens with two attached hydrogens (primary N) is 1. The lowest BCUT2D eigenvalue weighted by Gasteiger charge is -1.94. The summed E-state index contributed by atoms with van der Waals surface area (Å²) in [6, 6.07) is 0. The molecule has 0 bridgehead atoms. The largest absolute Gasteiger partial charge is 0.403 e. The molecule has 0 aromatic rings. The molecule has 2 heteroatoms. The predicted octanol–water partition coefficient (Wildman–Crippen LogP) is 0.621. The van der Waals surface area contributed by atoms with E-state index in [-0.39, 0.29) is 6.61 Å². The third-order valence-electron chi connectivity index (χ3n) is 0.906. The number of aliphatic hydroxyl groups excluding tert-OH is 1. The van der Waals surface area contributed by atoms with E-state index in [4.69, 9.17) is 10.8 Å². The summed E-state index contributed by atoms with van der Waals surface area (Å²) in [4.78, 5) is 0. The Hall–Kier alpha value is -0.500. The first-order valence-electron chi connectivity index (χ1n) is 2.81. The van der Waals surface area contributed by atoms with Crippen molar-refractivity contribution in [3.63, 3.8) is 0 Å². The highest BCUT2D eigenvalue weighted by atomic mass is 16.2. The van der Waals surface area contributed by atoms with Crippen molar-refractivity contribution < 1.29 is 5.11 Å². The monoisotopic (exact) mass is 115 g/mol. The van der Waals surface area contributed by atoms with Gasteiger partial charge in [-0.25, -0.2) is 0 Å². The maximum Gasteiger partial charge on any atom is 0.0431 e. The minimum absolute atomic E-state index is 0.257. The van der Waals surface area contributed by atoms with Crippen molar-refractivity contribution in [3.05, 3.63) is 12.3 Å². The van der Waals surface area contributed by atoms with Gasteiger partial charge in [0.25, 0.3) is 0 Å². The number of hydrogen-bond acceptors (Lipinski definition) is 2. The molecule has 0 unspecified atom stereocenters. The smallest absolute Gasteiger partial charge is 0.0431 e. The molecule has 0 saturated heterocycles. The van der Waals surface area contributed by atoms with E-state index in [0.29, 0.717) is 5.70 Å². The zero-order valence-corrected chi connectivity index (χ0v) is 5.06. The molecule has 0 atom stereocenters. The van der Waals surface area contributed by atoms with Crippen molar-refractivity contribution in [2.75, 3.05) is 6.61 Å². The fourth-order valence-electron chi connectivity index (χ4n) is 0.464. The average Bonchev–Trinajstić information content (AvgIpc) is 1.66. The molecule has 0 amide bonds. The second-order valence-corrected chi connectivity index (χ2v) is 1.84. The average molecular weight is 115 g/mol. The van der Waals surface area contributed by atoms with Gasteiger partial charge in [-0.3, -0.25) is 0 Å². The van der Waals surface area contributed by atoms with Crippen LogP contribution in [0.25, 0.3) is 0 Å². The summed E-state index contributed by atoms with van der Waals surface area (Å²) in [6.07, 6.45) is 2.61. The third-order valence-corrected chi connectivity index (χ3v) is 0.906. The summed E-state index contributed by atoms with van der Waals surface area (Å²) in [6.45, 7) is 3.78. The van der Waals surface area contributed by atoms with E-state index >= 15 is 0 Å². The molecule has 0 heterocycles. The lowest BCUT2D eigenvalue weighted by Crippen LogP contribution is -1.94. The highest BCUT2D eigenvalue weighted by Crippen LogP contribution is 1.97. The maximum atomic E-state index is 8.31. The van der Waals surface area contributed by atoms with E-state index < -0.39 is 0 Å². The highest BCUT2D eigenvalue weighted by molar-refractivity contribution is 4.84. The first-order valence-corrected chi connectivity index (χ1v) is 2.81. The molecule has 0 aliphatic heterocycles. The van der Waals surface area contributed by atoms with Crippen molar-refractivity contribution in [1.29, 1.82) is 0 Å². The van der Waals surface area contributed by atoms with Crippen LogP contribution < -0.4 is 5.73 Å². The molecular formula is C6H13NO. The molecule has 0 aliphatic rings. The number of hydrogen-bond donors (Lipinski definition) is 2. The zero-order chi connectivity index (χ0) is 6.41. The Morgan fingerprint density at radius 3 is 2.50 bits per heavy atom. The summed E-state index contributed by atoms with van der Waals surface area (Å²) < 4.78 is 0. The molecule has 0 radical (unpaired) electrons. The minimum atomic E-state index is 0.257. The van der Waals surface area contributed by atoms with Crippen LogP contribution in [0.1, 0.15) is 19.3 Å². The van der Waals surface area contributed by atoms with Gasteiger partial charge in [0.1, 0.15) is 0 Å². The summed E-state index contributed by atoms with van der Waals surface area (Å²) in [5.74, 6) is 0. The van der Waals surface area contributed by atoms with E-state index in [1.165, 1.54) is 0 Å². The SMILES string of the molecule is C=C(N)CCCCO. The first kappa shape index (κ1) is 7.50. The van der Waals surface area contributed by atoms with Gasteiger partial charge in [-0.2, -0.15) is 0 Å². The van der Waals surface area contributed by atoms with Crippen molar-refractivity contribution in [2.24, 2.45) is 5.73 Å². The fraction of sp³-hybridized carbons (Fsp3) is 0.667. The van der Waals surface area contributed by atoms with Crippen LogP contribution in [-0.4, -0.2) is 11.7 Å². The summed E-state index contributed by atoms with van der Waals surface area (Å²) in [5.41, 5.74) is 5.96. The van der Waals surface area contributed by atoms with Crippen LogP contribution in [0.5, 0.6) is 0 Å². The van der Waals surface area contributed by atoms with Gasteiger partial charge in [0.15, 0.2) is 0 Å². The van der Waals surface area contributed by atoms with Crippen molar-refractivity contribution in [3.8, 4) is 0 Å². The Morgan fingerprint density at radius 1 is 1.50 bits per heavy atom. The number of unbranched alkanes of at least 4 members (excludes halogenated alkanes) is 1. The van der Waals surface area contributed by atoms with E-state index in [1.54, 1.807) is 0 Å². The summed E-state index contributed by atoms with van der Waals surface area (Å²) in [5, 5.41) is 8.31. The highest BCUT2D eigenvalue weighted by Gasteiger charge is 1.85. The lowest BCUT2D eigenvalue weighted by atomic mass is 10.2. The van der Waals surface area contributed by atoms with Gasteiger partial charge in [-0.15, -0.1) is 0 Å². The van der Waals surface area contributed by atoms with Crippen LogP contribution in [0.3, 0.4) is 0 Å². The van der Waals surface area contributed by atoms with Gasteiger partial charge in [-0.05, 0) is 19.3 Å². The molecule has 0 spiro atoms. The maximum absolute atomic E-state index is 8.31. The van der Waals surface area contributed by atoms with Gasteiger partial charge in [0.05, 0.1) is 0 Å². The molecular weight excluding hydrogens is 102 g/mol. The van der Waals surface area contributed by atoms with E-state index in [9.17, 15) is 0 Å². The molecule has 0 aliphatic carbocycles. The van der Waals surface area contributed by atoms with Crippen LogP contribution in [0, 0.1) is 0 Å². The van der Waals surface area contributed by atoms with Gasteiger partial charge in [0, 0.05) is 12.3 Å². The number of allylic oxidation sites excluding steroid dienone is 1. The van der Waals surface area contributed by atoms with Crippen molar-refractivity contribution in [2.45, 2.75) is 19.3 Å². The van der Waals surface area contributed by atoms with Crippen LogP contribution in [0.4, 0.5) is 0 Å². The topological polar surface area (TPSA) is 46.2 Å². The van der Waals surface area contributed by atoms with Gasteiger partial charge < -0.3 is 10.8 Å². The minimum Gasteiger partial charge on any atom is -0.403 e. The van der Waals surface area contributed by atoms with E-state index in [1.807, 2.05) is 0 Å². The number of rotatable bonds is 4. The van der Waals surface area contributed by atoms with Crippen LogP contribution >= 0.6 is 0 Å². The third kappa shape index (κ3) is 5.50. The van der Waals surface area contributed by atoms with E-state index in [0.717, 1.165) is 19.3 Å². The second-order valence-electron chi connectivity index (χ2n) is 1.84. The van der Waals surface area contributed by atoms with E-state index in [2.05, 4.69) is 6.58 Å². The Balaban J connectivity index is 2.82. The Kier molecular flexibility index (Phi) is 4.36. The normalized spacial score (nSPS) is 9.12. The quantitative estimate of drug-likeness (QED) is 0.528. The van der Waals surface area contributed by atoms with Crippen LogP contribution in [-0.2, 0) is 0 Å². The van der Waals surface area contributed by atoms with Crippen LogP contribution in [0.2, 0.25) is 0 Å². The molecule has 8 heavy (non-hydrogen) atoms. The Labute approximate surface area is 50.0 Å². The standard InChI is InChI=1S/C6H13NO/c1-6(7)4-2-3-5-8/h8H,1-5,7H2. The molecule has 0 aromatic carbocycles. The summed E-state index contributed by atoms with van der Waals surface area (Å²) >= 11 is 0. The summed E-state index contributed by atoms with van der Waals surface area (Å²) in [7, 11) is 0. The molecule has 2 nitrogen and oxygen atoms in total. The molecule has 0 aromatic heterocycles. The first-order chi connectivity index (χ1) is 3.77. The van der Waals surface area contributed by atoms with Gasteiger partial charge >= 0.3 is 0 Å². The molecule has 48 valence electrons. The van der Waals surface area contributed by atoms with Crippen LogP contribution in [0.15, 0.2) is 12.3 Å². The predicted molar refractivity (Wildman–Crippen MR) is 34.3 cm³/mol. The Bertz CT molecular complexity index is 70.9. The molecule has 0 rings (SSSR count). The van der Waals surface area contributed by atoms with Crippen molar-refractivity contribution >= 4 is 0 Å². The second kappa shape index (κ2) is 4.65. The fourth-order valence-corrected chi connectivity index (χ4v) is 0.464. The van der Waals surface area contributed by atoms with Gasteiger partial charge in [0.2, 0.25) is 0 Å². The van der Waals surface area contributed by atoms with Crippen molar-refractivity contribution in [1.82, 2.24) is 0 Å². The molecule has 3 N–H and O–H groups in total. The van der Waals surface area contributed by atoms with Gasteiger partial charge in [-0.1, -0.05) is 6.58 Å². The lowest BCUT2D eigenvalue weighted by molar-refractivity contribution is 0.284. The molecule has 0 fully saturated rings. The Morgan fingerprint density at radius 2 is 2.12 bits per heavy atom.